The molecule has 0 saturated heterocycles. The molecular weight excluding hydrogens is 1260 g/mol. The van der Waals surface area contributed by atoms with Crippen LogP contribution < -0.4 is 0 Å². The monoisotopic (exact) mass is 1310 g/mol. The summed E-state index contributed by atoms with van der Waals surface area (Å²) in [7, 11) is 0. The maximum Gasteiger partial charge on any atom is 0.235 e. The third-order valence-electron chi connectivity index (χ3n) is 20.6. The van der Waals surface area contributed by atoms with Crippen molar-refractivity contribution in [2.24, 2.45) is 0 Å². The van der Waals surface area contributed by atoms with E-state index in [1.54, 1.807) is 0 Å². The molecular formula is C94H58N8O. The molecule has 0 spiro atoms. The van der Waals surface area contributed by atoms with E-state index in [0.29, 0.717) is 5.95 Å². The minimum atomic E-state index is 0.632. The zero-order valence-electron chi connectivity index (χ0n) is 55.5. The molecule has 0 aliphatic carbocycles. The number of furan rings is 1. The van der Waals surface area contributed by atoms with Crippen molar-refractivity contribution in [1.29, 1.82) is 0 Å². The van der Waals surface area contributed by atoms with Crippen LogP contribution >= 0.6 is 0 Å². The SMILES string of the molecule is c1ccc(-c2nc3ccccc3nc2-n2c3ccccc3c3cc(-c4ccc5c(c4)c4ccccc4n5-c4ccccc4)ccc32)cc1.c1ccc(-n2c3ccccc3c3cc(-c4ccc5c(c4)c4ccccc4n5-c4nc(-c5ccc6c(c5)oc5ccccc56)c5ccccc5n4)ccc32)cc1. The second-order valence-electron chi connectivity index (χ2n) is 26.5. The van der Waals surface area contributed by atoms with Crippen LogP contribution in [0.15, 0.2) is 356 Å². The van der Waals surface area contributed by atoms with E-state index in [4.69, 9.17) is 24.4 Å². The van der Waals surface area contributed by atoms with Gasteiger partial charge in [-0.1, -0.05) is 218 Å². The van der Waals surface area contributed by atoms with Crippen LogP contribution in [0.5, 0.6) is 0 Å². The molecule has 480 valence electrons. The molecule has 0 unspecified atom stereocenters. The molecule has 0 aliphatic heterocycles. The molecule has 0 fully saturated rings. The molecule has 0 aliphatic rings. The van der Waals surface area contributed by atoms with Gasteiger partial charge < -0.3 is 13.6 Å². The van der Waals surface area contributed by atoms with Gasteiger partial charge >= 0.3 is 0 Å². The fourth-order valence-electron chi connectivity index (χ4n) is 16.0. The van der Waals surface area contributed by atoms with Crippen molar-refractivity contribution in [2.75, 3.05) is 0 Å². The molecule has 7 heterocycles. The van der Waals surface area contributed by atoms with E-state index < -0.39 is 0 Å². The highest BCUT2D eigenvalue weighted by Gasteiger charge is 2.23. The summed E-state index contributed by atoms with van der Waals surface area (Å²) in [5.41, 5.74) is 24.3. The number of para-hydroxylation sites is 10. The second kappa shape index (κ2) is 23.3. The van der Waals surface area contributed by atoms with Gasteiger partial charge in [0, 0.05) is 81.8 Å². The highest BCUT2D eigenvalue weighted by atomic mass is 16.3. The van der Waals surface area contributed by atoms with Gasteiger partial charge in [0.15, 0.2) is 5.82 Å². The molecule has 0 bridgehead atoms. The molecule has 0 N–H and O–H groups in total. The Morgan fingerprint density at radius 1 is 0.194 bits per heavy atom. The number of fused-ring (bicyclic) bond motifs is 17. The van der Waals surface area contributed by atoms with E-state index >= 15 is 0 Å². The Labute approximate surface area is 589 Å². The van der Waals surface area contributed by atoms with Crippen LogP contribution in [0.3, 0.4) is 0 Å². The van der Waals surface area contributed by atoms with E-state index in [2.05, 4.69) is 316 Å². The van der Waals surface area contributed by atoms with Gasteiger partial charge in [-0.3, -0.25) is 9.13 Å². The number of benzene rings is 15. The average Bonchev–Trinajstić information content (AvgIpc) is 1.61. The molecule has 15 aromatic carbocycles. The van der Waals surface area contributed by atoms with Crippen molar-refractivity contribution in [3.63, 3.8) is 0 Å². The first kappa shape index (κ1) is 58.0. The lowest BCUT2D eigenvalue weighted by Gasteiger charge is -2.14. The summed E-state index contributed by atoms with van der Waals surface area (Å²) in [5, 5.41) is 12.8. The first-order valence-corrected chi connectivity index (χ1v) is 34.8. The molecule has 22 rings (SSSR count). The lowest BCUT2D eigenvalue weighted by molar-refractivity contribution is 0.669. The standard InChI is InChI=1S/C50H30N4O.C44H28N4/c1-2-12-34(13-3-1)53-43-19-9-5-14-35(43)40-28-31(23-26-45(40)53)32-24-27-46-41(29-32)36-15-6-10-20-44(36)54(46)50-51-42-18-8-4-17-39(42)49(52-50)33-22-25-38-37-16-7-11-21-47(37)55-48(38)30-33;1-3-13-29(14-4-1)43-44(46-38-20-10-9-19-37(38)45-43)48-40-22-12-8-18-34(40)36-28-31(24-26-42(36)48)30-23-25-41-35(27-30)33-17-7-11-21-39(33)47(41)32-15-5-2-6-16-32/h1-30H;1-28H. The summed E-state index contributed by atoms with van der Waals surface area (Å²) in [6.07, 6.45) is 0. The molecule has 103 heavy (non-hydrogen) atoms. The van der Waals surface area contributed by atoms with Gasteiger partial charge in [0.05, 0.1) is 66.4 Å². The predicted octanol–water partition coefficient (Wildman–Crippen LogP) is 24.2. The Hall–Kier alpha value is -14.0. The highest BCUT2D eigenvalue weighted by molar-refractivity contribution is 6.16. The van der Waals surface area contributed by atoms with Crippen LogP contribution in [-0.4, -0.2) is 38.2 Å². The lowest BCUT2D eigenvalue weighted by atomic mass is 10.0. The summed E-state index contributed by atoms with van der Waals surface area (Å²) in [6, 6.07) is 124. The minimum Gasteiger partial charge on any atom is -0.456 e. The maximum absolute atomic E-state index is 6.31. The Balaban J connectivity index is 0.000000135. The van der Waals surface area contributed by atoms with Crippen LogP contribution in [-0.2, 0) is 0 Å². The maximum atomic E-state index is 6.31. The van der Waals surface area contributed by atoms with Crippen LogP contribution in [0.25, 0.3) is 199 Å². The molecule has 0 atom stereocenters. The summed E-state index contributed by atoms with van der Waals surface area (Å²) in [4.78, 5) is 21.0. The van der Waals surface area contributed by atoms with Crippen molar-refractivity contribution < 1.29 is 4.42 Å². The zero-order valence-corrected chi connectivity index (χ0v) is 55.5. The highest BCUT2D eigenvalue weighted by Crippen LogP contribution is 2.43. The quantitative estimate of drug-likeness (QED) is 0.151. The van der Waals surface area contributed by atoms with Crippen molar-refractivity contribution in [1.82, 2.24) is 38.2 Å². The molecule has 7 aromatic heterocycles. The third-order valence-corrected chi connectivity index (χ3v) is 20.6. The number of aromatic nitrogens is 8. The summed E-state index contributed by atoms with van der Waals surface area (Å²) >= 11 is 0. The Morgan fingerprint density at radius 2 is 0.563 bits per heavy atom. The number of nitrogens with zero attached hydrogens (tertiary/aromatic N) is 8. The first-order chi connectivity index (χ1) is 51.1. The van der Waals surface area contributed by atoms with E-state index in [9.17, 15) is 0 Å². The second-order valence-corrected chi connectivity index (χ2v) is 26.5. The van der Waals surface area contributed by atoms with Crippen molar-refractivity contribution >= 4 is 131 Å². The van der Waals surface area contributed by atoms with E-state index in [0.717, 1.165) is 122 Å². The fourth-order valence-corrected chi connectivity index (χ4v) is 16.0. The normalized spacial score (nSPS) is 11.9. The Morgan fingerprint density at radius 3 is 1.09 bits per heavy atom. The largest absolute Gasteiger partial charge is 0.456 e. The minimum absolute atomic E-state index is 0.632. The van der Waals surface area contributed by atoms with Gasteiger partial charge in [-0.05, 0) is 156 Å². The van der Waals surface area contributed by atoms with Gasteiger partial charge in [0.25, 0.3) is 0 Å². The summed E-state index contributed by atoms with van der Waals surface area (Å²) in [5.74, 6) is 1.46. The van der Waals surface area contributed by atoms with Gasteiger partial charge in [-0.2, -0.15) is 0 Å². The lowest BCUT2D eigenvalue weighted by Crippen LogP contribution is -2.03. The predicted molar refractivity (Wildman–Crippen MR) is 425 cm³/mol. The molecule has 9 nitrogen and oxygen atoms in total. The zero-order chi connectivity index (χ0) is 67.6. The smallest absolute Gasteiger partial charge is 0.235 e. The van der Waals surface area contributed by atoms with Gasteiger partial charge in [-0.25, -0.2) is 19.9 Å². The van der Waals surface area contributed by atoms with E-state index in [-0.39, 0.29) is 0 Å². The van der Waals surface area contributed by atoms with Crippen LogP contribution in [0.2, 0.25) is 0 Å². The fraction of sp³-hybridized carbons (Fsp3) is 0. The number of hydrogen-bond donors (Lipinski definition) is 0. The summed E-state index contributed by atoms with van der Waals surface area (Å²) in [6.45, 7) is 0. The van der Waals surface area contributed by atoms with Gasteiger partial charge in [0.2, 0.25) is 5.95 Å². The van der Waals surface area contributed by atoms with Crippen LogP contribution in [0.1, 0.15) is 0 Å². The van der Waals surface area contributed by atoms with Crippen molar-refractivity contribution in [3.05, 3.63) is 352 Å². The Kier molecular flexibility index (Phi) is 13.1. The van der Waals surface area contributed by atoms with Crippen LogP contribution in [0.4, 0.5) is 0 Å². The first-order valence-electron chi connectivity index (χ1n) is 34.8. The van der Waals surface area contributed by atoms with Gasteiger partial charge in [0.1, 0.15) is 16.9 Å². The van der Waals surface area contributed by atoms with Gasteiger partial charge in [-0.15, -0.1) is 0 Å². The Bertz CT molecular complexity index is 7180. The average molecular weight is 1320 g/mol. The molecule has 9 heteroatoms. The van der Waals surface area contributed by atoms with E-state index in [1.165, 1.54) is 71.1 Å². The molecule has 22 aromatic rings. The molecule has 0 radical (unpaired) electrons. The van der Waals surface area contributed by atoms with E-state index in [1.807, 2.05) is 54.6 Å². The number of rotatable bonds is 8. The summed E-state index contributed by atoms with van der Waals surface area (Å²) < 4.78 is 15.5. The van der Waals surface area contributed by atoms with Crippen molar-refractivity contribution in [3.8, 4) is 67.9 Å². The molecule has 0 amide bonds. The van der Waals surface area contributed by atoms with Crippen molar-refractivity contribution in [2.45, 2.75) is 0 Å². The topological polar surface area (TPSA) is 84.4 Å². The van der Waals surface area contributed by atoms with Crippen LogP contribution in [0, 0.1) is 0 Å². The molecule has 0 saturated carbocycles. The third kappa shape index (κ3) is 9.33. The number of hydrogen-bond acceptors (Lipinski definition) is 5.